The van der Waals surface area contributed by atoms with Gasteiger partial charge < -0.3 is 104 Å². The van der Waals surface area contributed by atoms with Crippen LogP contribution in [0, 0.1) is 5.92 Å². The van der Waals surface area contributed by atoms with Crippen LogP contribution in [0.4, 0.5) is 4.79 Å². The van der Waals surface area contributed by atoms with E-state index in [0.29, 0.717) is 0 Å². The zero-order valence-corrected chi connectivity index (χ0v) is 36.8. The Balaban J connectivity index is 0.00000600. The first kappa shape index (κ1) is 56.6. The van der Waals surface area contributed by atoms with Crippen LogP contribution in [-0.4, -0.2) is 195 Å². The number of carbonyl (C=O) groups is 5. The van der Waals surface area contributed by atoms with Crippen molar-refractivity contribution in [1.29, 1.82) is 0 Å². The standard InChI is InChI=1S/C31H50N4O22.CH4.2Na/c1-7-15(39)19(43)29(53-21(7)26(45)46)55-23-14(34-10(4)38)28(52-12(17(23)41)6-50-31(49)35-32)56-24-18(42)20(44)30(57-25(24)27(47)48)54-22-13(33-9(3)37)8(2)51-11(5-36)16(22)40;;;/h7-8,11-25,28-30,36,39-44H,5-6,32H2,1-4H3,(H,33,37)(H,34,38)(H,35,49)(H,45,46)(H,47,48);1H4;;/q;;2*+1/p-2/t7-,8-,11?,12?,13?,14?,15-,16+,17+,18+,19?,20?,21?,22+,23+,24-,25?,28-,29-,30+;;;/m0.../s1. The Morgan fingerprint density at radius 1 is 0.633 bits per heavy atom. The zero-order valence-electron chi connectivity index (χ0n) is 32.8. The van der Waals surface area contributed by atoms with Gasteiger partial charge in [-0.05, 0) is 6.92 Å². The number of aliphatic carboxylic acids is 2. The molecule has 0 radical (unpaired) electrons. The van der Waals surface area contributed by atoms with E-state index in [9.17, 15) is 69.9 Å². The summed E-state index contributed by atoms with van der Waals surface area (Å²) in [6, 6.07) is -2.99. The van der Waals surface area contributed by atoms with Gasteiger partial charge in [-0.2, -0.15) is 0 Å². The minimum Gasteiger partial charge on any atom is -0.547 e. The van der Waals surface area contributed by atoms with Crippen molar-refractivity contribution in [3.8, 4) is 0 Å². The van der Waals surface area contributed by atoms with Gasteiger partial charge in [0.25, 0.3) is 0 Å². The van der Waals surface area contributed by atoms with E-state index in [-0.39, 0.29) is 66.5 Å². The number of nitrogens with two attached hydrogens (primary N) is 1. The number of carbonyl (C=O) groups excluding carboxylic acids is 5. The average molecular weight is 891 g/mol. The fourth-order valence-electron chi connectivity index (χ4n) is 6.94. The molecule has 4 aliphatic rings. The number of carboxylic acid groups (broad SMARTS) is 2. The van der Waals surface area contributed by atoms with Crippen LogP contribution in [0.1, 0.15) is 35.1 Å². The smallest absolute Gasteiger partial charge is 0.547 e. The van der Waals surface area contributed by atoms with E-state index in [1.165, 1.54) is 13.8 Å². The van der Waals surface area contributed by atoms with E-state index in [1.54, 1.807) is 5.43 Å². The largest absolute Gasteiger partial charge is 1.00 e. The van der Waals surface area contributed by atoms with Crippen molar-refractivity contribution in [1.82, 2.24) is 16.1 Å². The first-order chi connectivity index (χ1) is 26.7. The molecular weight excluding hydrogens is 838 g/mol. The molecule has 0 aliphatic carbocycles. The van der Waals surface area contributed by atoms with Crippen LogP contribution >= 0.6 is 0 Å². The molecule has 334 valence electrons. The quantitative estimate of drug-likeness (QED) is 0.0354. The van der Waals surface area contributed by atoms with Crippen LogP contribution in [0.3, 0.4) is 0 Å². The minimum atomic E-state index is -2.38. The van der Waals surface area contributed by atoms with Crippen LogP contribution in [0.25, 0.3) is 0 Å². The van der Waals surface area contributed by atoms with Gasteiger partial charge in [-0.3, -0.25) is 15.0 Å². The SMILES string of the molecule is C.CC(=O)NC1[C@H](O[C@@H]2C(C(=O)[O-])O[C@@H](O[C@@H]3C(NC(C)=O)[C@H](C)OC(CO)[C@H]3O)C(O)[C@H]2O)OC(COC(=O)NN)[C@@H](O)[C@@H]1O[C@@H]1OC(C(=O)[O-])[C@@H](C)[C@H](O)C1O.[Na+].[Na+]. The topological polar surface area (TPSA) is 409 Å². The van der Waals surface area contributed by atoms with E-state index in [4.69, 9.17) is 43.7 Å². The molecular formula is C32H52N4Na2O22. The molecule has 4 saturated heterocycles. The number of ether oxygens (including phenoxy) is 8. The van der Waals surface area contributed by atoms with Crippen LogP contribution in [0.2, 0.25) is 0 Å². The number of aliphatic hydroxyl groups is 7. The summed E-state index contributed by atoms with van der Waals surface area (Å²) in [5.74, 6) is -1.58. The van der Waals surface area contributed by atoms with Gasteiger partial charge in [0.1, 0.15) is 85.9 Å². The average Bonchev–Trinajstić information content (AvgIpc) is 3.14. The molecule has 0 aromatic heterocycles. The Morgan fingerprint density at radius 3 is 1.60 bits per heavy atom. The summed E-state index contributed by atoms with van der Waals surface area (Å²) < 4.78 is 44.2. The summed E-state index contributed by atoms with van der Waals surface area (Å²) in [5.41, 5.74) is 1.65. The number of hydrogen-bond donors (Lipinski definition) is 11. The van der Waals surface area contributed by atoms with Crippen molar-refractivity contribution in [3.63, 3.8) is 0 Å². The molecule has 3 amide bonds. The van der Waals surface area contributed by atoms with Crippen LogP contribution < -0.4 is 91.2 Å². The van der Waals surface area contributed by atoms with Gasteiger partial charge >= 0.3 is 65.2 Å². The van der Waals surface area contributed by atoms with E-state index >= 15 is 0 Å². The van der Waals surface area contributed by atoms with Gasteiger partial charge in [-0.1, -0.05) is 14.4 Å². The van der Waals surface area contributed by atoms with Crippen molar-refractivity contribution in [2.45, 2.75) is 152 Å². The number of hydrazine groups is 1. The Morgan fingerprint density at radius 2 is 1.10 bits per heavy atom. The molecule has 4 rings (SSSR count). The molecule has 0 saturated carbocycles. The van der Waals surface area contributed by atoms with E-state index in [2.05, 4.69) is 10.6 Å². The van der Waals surface area contributed by atoms with Crippen molar-refractivity contribution in [2.24, 2.45) is 11.8 Å². The maximum atomic E-state index is 12.5. The summed E-state index contributed by atoms with van der Waals surface area (Å²) in [7, 11) is 0. The summed E-state index contributed by atoms with van der Waals surface area (Å²) >= 11 is 0. The molecule has 12 N–H and O–H groups in total. The number of amides is 3. The molecule has 20 atom stereocenters. The van der Waals surface area contributed by atoms with Gasteiger partial charge in [0.15, 0.2) is 18.9 Å². The third-order valence-electron chi connectivity index (χ3n) is 9.87. The molecule has 0 aromatic carbocycles. The number of carboxylic acids is 2. The van der Waals surface area contributed by atoms with Crippen molar-refractivity contribution < 1.29 is 167 Å². The number of hydrogen-bond acceptors (Lipinski definition) is 23. The second-order valence-corrected chi connectivity index (χ2v) is 13.9. The van der Waals surface area contributed by atoms with Gasteiger partial charge in [0.2, 0.25) is 11.8 Å². The number of aliphatic hydroxyl groups excluding tert-OH is 7. The van der Waals surface area contributed by atoms with E-state index in [0.717, 1.165) is 13.8 Å². The molecule has 4 heterocycles. The third kappa shape index (κ3) is 13.1. The Bertz CT molecular complexity index is 1440. The first-order valence-corrected chi connectivity index (χ1v) is 17.6. The summed E-state index contributed by atoms with van der Waals surface area (Å²) in [6.07, 6.45) is -33.5. The fraction of sp³-hybridized carbons (Fsp3) is 0.844. The summed E-state index contributed by atoms with van der Waals surface area (Å²) in [5, 5.41) is 105. The Hall–Kier alpha value is -1.45. The van der Waals surface area contributed by atoms with Crippen molar-refractivity contribution >= 4 is 29.8 Å². The second-order valence-electron chi connectivity index (χ2n) is 13.9. The molecule has 28 heteroatoms. The van der Waals surface area contributed by atoms with E-state index in [1.807, 2.05) is 0 Å². The molecule has 4 fully saturated rings. The fourth-order valence-corrected chi connectivity index (χ4v) is 6.94. The number of nitrogens with one attached hydrogen (secondary N) is 3. The van der Waals surface area contributed by atoms with Crippen molar-refractivity contribution in [3.05, 3.63) is 0 Å². The summed E-state index contributed by atoms with van der Waals surface area (Å²) in [6.45, 7) is 3.18. The molecule has 0 bridgehead atoms. The van der Waals surface area contributed by atoms with Crippen molar-refractivity contribution in [2.75, 3.05) is 13.2 Å². The maximum absolute atomic E-state index is 12.5. The molecule has 26 nitrogen and oxygen atoms in total. The van der Waals surface area contributed by atoms with Crippen LogP contribution in [-0.2, 0) is 57.1 Å². The second kappa shape index (κ2) is 24.6. The van der Waals surface area contributed by atoms with Gasteiger partial charge in [0.05, 0.1) is 36.8 Å². The van der Waals surface area contributed by atoms with Gasteiger partial charge in [-0.15, -0.1) is 0 Å². The zero-order chi connectivity index (χ0) is 42.6. The molecule has 4 aliphatic heterocycles. The molecule has 0 spiro atoms. The van der Waals surface area contributed by atoms with Crippen LogP contribution in [0.15, 0.2) is 0 Å². The Kier molecular flexibility index (Phi) is 23.2. The van der Waals surface area contributed by atoms with Gasteiger partial charge in [-0.25, -0.2) is 10.6 Å². The first-order valence-electron chi connectivity index (χ1n) is 17.6. The third-order valence-corrected chi connectivity index (χ3v) is 9.87. The van der Waals surface area contributed by atoms with E-state index < -0.39 is 165 Å². The predicted octanol–water partition coefficient (Wildman–Crippen LogP) is -15.3. The monoisotopic (exact) mass is 890 g/mol. The summed E-state index contributed by atoms with van der Waals surface area (Å²) in [4.78, 5) is 60.5. The predicted molar refractivity (Wildman–Crippen MR) is 178 cm³/mol. The molecule has 60 heavy (non-hydrogen) atoms. The Labute approximate surface area is 387 Å². The minimum absolute atomic E-state index is 0. The van der Waals surface area contributed by atoms with Gasteiger partial charge in [0, 0.05) is 19.8 Å². The number of rotatable bonds is 13. The molecule has 0 aromatic rings. The maximum Gasteiger partial charge on any atom is 1.00 e. The molecule has 8 unspecified atom stereocenters. The van der Waals surface area contributed by atoms with Crippen LogP contribution in [0.5, 0.6) is 0 Å². The normalized spacial score (nSPS) is 41.5.